The van der Waals surface area contributed by atoms with Gasteiger partial charge in [0.1, 0.15) is 0 Å². The molecule has 142 valence electrons. The SMILES string of the molecule is CN=C(NCC(O)C(F)(F)F)N1CCC(CN2CCOCC2)C1.I. The number of ether oxygens (including phenoxy) is 1. The number of morpholine rings is 1. The van der Waals surface area contributed by atoms with E-state index in [0.717, 1.165) is 52.4 Å². The number of halogens is 4. The number of aliphatic hydroxyl groups is 1. The van der Waals surface area contributed by atoms with Crippen LogP contribution < -0.4 is 5.32 Å². The van der Waals surface area contributed by atoms with E-state index in [2.05, 4.69) is 15.2 Å². The first-order valence-corrected chi connectivity index (χ1v) is 7.90. The topological polar surface area (TPSA) is 60.3 Å². The molecular weight excluding hydrogens is 440 g/mol. The highest BCUT2D eigenvalue weighted by Crippen LogP contribution is 2.20. The first kappa shape index (κ1) is 21.7. The Hall–Kier alpha value is -0.330. The molecule has 0 radical (unpaired) electrons. The van der Waals surface area contributed by atoms with Crippen molar-refractivity contribution in [3.8, 4) is 0 Å². The molecule has 2 N–H and O–H groups in total. The molecule has 0 spiro atoms. The fourth-order valence-electron chi connectivity index (χ4n) is 2.96. The lowest BCUT2D eigenvalue weighted by Crippen LogP contribution is -2.47. The van der Waals surface area contributed by atoms with E-state index in [4.69, 9.17) is 9.84 Å². The van der Waals surface area contributed by atoms with Crippen LogP contribution in [0.2, 0.25) is 0 Å². The zero-order valence-corrected chi connectivity index (χ0v) is 16.1. The lowest BCUT2D eigenvalue weighted by molar-refractivity contribution is -0.201. The van der Waals surface area contributed by atoms with Gasteiger partial charge < -0.3 is 20.1 Å². The van der Waals surface area contributed by atoms with Crippen molar-refractivity contribution in [3.05, 3.63) is 0 Å². The smallest absolute Gasteiger partial charge is 0.382 e. The van der Waals surface area contributed by atoms with Gasteiger partial charge in [-0.2, -0.15) is 13.2 Å². The maximum atomic E-state index is 12.3. The van der Waals surface area contributed by atoms with Gasteiger partial charge in [0.2, 0.25) is 0 Å². The molecule has 24 heavy (non-hydrogen) atoms. The highest BCUT2D eigenvalue weighted by molar-refractivity contribution is 14.0. The molecule has 0 aromatic carbocycles. The van der Waals surface area contributed by atoms with E-state index in [1.165, 1.54) is 7.05 Å². The summed E-state index contributed by atoms with van der Waals surface area (Å²) < 4.78 is 42.4. The minimum atomic E-state index is -4.62. The van der Waals surface area contributed by atoms with E-state index in [1.54, 1.807) is 0 Å². The normalized spacial score (nSPS) is 24.6. The molecule has 2 aliphatic heterocycles. The molecule has 2 rings (SSSR count). The maximum Gasteiger partial charge on any atom is 0.416 e. The van der Waals surface area contributed by atoms with Crippen LogP contribution in [0.15, 0.2) is 4.99 Å². The second kappa shape index (κ2) is 9.97. The van der Waals surface area contributed by atoms with Crippen LogP contribution in [0.3, 0.4) is 0 Å². The van der Waals surface area contributed by atoms with Crippen LogP contribution in [-0.4, -0.2) is 92.7 Å². The second-order valence-corrected chi connectivity index (χ2v) is 6.00. The zero-order valence-electron chi connectivity index (χ0n) is 13.8. The standard InChI is InChI=1S/C14H25F3N4O2.HI/c1-18-13(19-8-12(22)14(15,16)17)21-3-2-11(10-21)9-20-4-6-23-7-5-20;/h11-12,22H,2-10H2,1H3,(H,18,19);1H. The van der Waals surface area contributed by atoms with Crippen LogP contribution in [-0.2, 0) is 4.74 Å². The first-order chi connectivity index (χ1) is 10.9. The highest BCUT2D eigenvalue weighted by Gasteiger charge is 2.38. The van der Waals surface area contributed by atoms with Gasteiger partial charge >= 0.3 is 6.18 Å². The molecule has 2 saturated heterocycles. The minimum Gasteiger partial charge on any atom is -0.382 e. The molecule has 0 saturated carbocycles. The quantitative estimate of drug-likeness (QED) is 0.364. The van der Waals surface area contributed by atoms with Crippen LogP contribution >= 0.6 is 24.0 Å². The molecule has 0 aromatic rings. The average molecular weight is 466 g/mol. The van der Waals surface area contributed by atoms with Gasteiger partial charge in [-0.1, -0.05) is 0 Å². The number of aliphatic imine (C=N–C) groups is 1. The van der Waals surface area contributed by atoms with Gasteiger partial charge in [-0.15, -0.1) is 24.0 Å². The second-order valence-electron chi connectivity index (χ2n) is 6.00. The summed E-state index contributed by atoms with van der Waals surface area (Å²) in [4.78, 5) is 8.34. The Labute approximate surface area is 157 Å². The van der Waals surface area contributed by atoms with Crippen LogP contribution in [0, 0.1) is 5.92 Å². The van der Waals surface area contributed by atoms with Gasteiger partial charge in [-0.3, -0.25) is 9.89 Å². The molecule has 0 amide bonds. The molecular formula is C14H26F3IN4O2. The van der Waals surface area contributed by atoms with Gasteiger partial charge in [-0.05, 0) is 12.3 Å². The summed E-state index contributed by atoms with van der Waals surface area (Å²) in [5.74, 6) is 0.886. The summed E-state index contributed by atoms with van der Waals surface area (Å²) in [6.07, 6.45) is -6.01. The van der Waals surface area contributed by atoms with Gasteiger partial charge in [0.15, 0.2) is 12.1 Å². The summed E-state index contributed by atoms with van der Waals surface area (Å²) in [5.41, 5.74) is 0. The van der Waals surface area contributed by atoms with Crippen LogP contribution in [0.1, 0.15) is 6.42 Å². The Kier molecular flexibility index (Phi) is 9.02. The van der Waals surface area contributed by atoms with Crippen LogP contribution in [0.25, 0.3) is 0 Å². The van der Waals surface area contributed by atoms with E-state index in [-0.39, 0.29) is 24.0 Å². The van der Waals surface area contributed by atoms with Crippen molar-refractivity contribution in [2.45, 2.75) is 18.7 Å². The minimum absolute atomic E-state index is 0. The zero-order chi connectivity index (χ0) is 16.9. The van der Waals surface area contributed by atoms with Crippen molar-refractivity contribution in [2.75, 3.05) is 59.5 Å². The Balaban J connectivity index is 0.00000288. The fourth-order valence-corrected chi connectivity index (χ4v) is 2.96. The number of nitrogens with one attached hydrogen (secondary N) is 1. The molecule has 2 unspecified atom stereocenters. The molecule has 6 nitrogen and oxygen atoms in total. The number of aliphatic hydroxyl groups excluding tert-OH is 1. The molecule has 2 aliphatic rings. The Bertz CT molecular complexity index is 406. The van der Waals surface area contributed by atoms with E-state index >= 15 is 0 Å². The first-order valence-electron chi connectivity index (χ1n) is 7.90. The molecule has 10 heteroatoms. The monoisotopic (exact) mass is 466 g/mol. The molecule has 2 heterocycles. The number of rotatable bonds is 4. The number of nitrogens with zero attached hydrogens (tertiary/aromatic N) is 3. The predicted molar refractivity (Wildman–Crippen MR) is 95.8 cm³/mol. The maximum absolute atomic E-state index is 12.3. The van der Waals surface area contributed by atoms with Gasteiger partial charge in [0.25, 0.3) is 0 Å². The summed E-state index contributed by atoms with van der Waals surface area (Å²) in [7, 11) is 1.54. The van der Waals surface area contributed by atoms with Gasteiger partial charge in [0, 0.05) is 39.8 Å². The molecule has 2 atom stereocenters. The summed E-state index contributed by atoms with van der Waals surface area (Å²) in [5, 5.41) is 11.7. The predicted octanol–water partition coefficient (Wildman–Crippen LogP) is 0.757. The number of hydrogen-bond donors (Lipinski definition) is 2. The van der Waals surface area contributed by atoms with Crippen molar-refractivity contribution in [1.29, 1.82) is 0 Å². The van der Waals surface area contributed by atoms with Crippen LogP contribution in [0.5, 0.6) is 0 Å². The summed E-state index contributed by atoms with van der Waals surface area (Å²) in [6.45, 7) is 5.30. The van der Waals surface area contributed by atoms with Crippen LogP contribution in [0.4, 0.5) is 13.2 Å². The van der Waals surface area contributed by atoms with Crippen molar-refractivity contribution >= 4 is 29.9 Å². The van der Waals surface area contributed by atoms with Crippen molar-refractivity contribution in [1.82, 2.24) is 15.1 Å². The third-order valence-corrected chi connectivity index (χ3v) is 4.25. The lowest BCUT2D eigenvalue weighted by atomic mass is 10.1. The number of guanidine groups is 1. The van der Waals surface area contributed by atoms with Gasteiger partial charge in [0.05, 0.1) is 19.8 Å². The fraction of sp³-hybridized carbons (Fsp3) is 0.929. The summed E-state index contributed by atoms with van der Waals surface area (Å²) in [6, 6.07) is 0. The Morgan fingerprint density at radius 1 is 1.33 bits per heavy atom. The number of hydrogen-bond acceptors (Lipinski definition) is 4. The van der Waals surface area contributed by atoms with E-state index < -0.39 is 18.8 Å². The molecule has 0 aliphatic carbocycles. The highest BCUT2D eigenvalue weighted by atomic mass is 127. The van der Waals surface area contributed by atoms with E-state index in [1.807, 2.05) is 4.90 Å². The number of likely N-dealkylation sites (tertiary alicyclic amines) is 1. The van der Waals surface area contributed by atoms with E-state index in [0.29, 0.717) is 11.9 Å². The Morgan fingerprint density at radius 3 is 2.58 bits per heavy atom. The van der Waals surface area contributed by atoms with Crippen molar-refractivity contribution in [2.24, 2.45) is 10.9 Å². The Morgan fingerprint density at radius 2 is 2.00 bits per heavy atom. The molecule has 0 aromatic heterocycles. The van der Waals surface area contributed by atoms with Gasteiger partial charge in [-0.25, -0.2) is 0 Å². The van der Waals surface area contributed by atoms with Crippen molar-refractivity contribution in [3.63, 3.8) is 0 Å². The third-order valence-electron chi connectivity index (χ3n) is 4.25. The molecule has 2 fully saturated rings. The summed E-state index contributed by atoms with van der Waals surface area (Å²) >= 11 is 0. The van der Waals surface area contributed by atoms with Crippen molar-refractivity contribution < 1.29 is 23.0 Å². The number of alkyl halides is 3. The largest absolute Gasteiger partial charge is 0.416 e. The average Bonchev–Trinajstić information content (AvgIpc) is 2.96. The third kappa shape index (κ3) is 6.52. The van der Waals surface area contributed by atoms with E-state index in [9.17, 15) is 13.2 Å². The lowest BCUT2D eigenvalue weighted by Gasteiger charge is -2.29. The molecule has 0 bridgehead atoms.